The predicted octanol–water partition coefficient (Wildman–Crippen LogP) is 1.39. The van der Waals surface area contributed by atoms with Gasteiger partial charge in [0.25, 0.3) is 0 Å². The van der Waals surface area contributed by atoms with Crippen molar-refractivity contribution in [2.24, 2.45) is 0 Å². The molecule has 1 fully saturated rings. The lowest BCUT2D eigenvalue weighted by Crippen LogP contribution is -2.34. The van der Waals surface area contributed by atoms with E-state index in [9.17, 15) is 8.42 Å². The Kier molecular flexibility index (Phi) is 4.51. The normalized spacial score (nSPS) is 16.3. The number of aromatic nitrogens is 2. The van der Waals surface area contributed by atoms with Crippen LogP contribution in [0.5, 0.6) is 0 Å². The average Bonchev–Trinajstić information content (AvgIpc) is 3.10. The second-order valence-corrected chi connectivity index (χ2v) is 7.43. The van der Waals surface area contributed by atoms with Crippen LogP contribution in [0.25, 0.3) is 0 Å². The van der Waals surface area contributed by atoms with Crippen LogP contribution in [-0.2, 0) is 16.6 Å². The van der Waals surface area contributed by atoms with Crippen molar-refractivity contribution in [2.75, 3.05) is 6.54 Å². The first-order valence-corrected chi connectivity index (χ1v) is 8.61. The van der Waals surface area contributed by atoms with Crippen LogP contribution >= 0.6 is 0 Å². The first-order chi connectivity index (χ1) is 9.37. The summed E-state index contributed by atoms with van der Waals surface area (Å²) < 4.78 is 27.3. The molecule has 1 aromatic rings. The van der Waals surface area contributed by atoms with Gasteiger partial charge in [0.15, 0.2) is 0 Å². The summed E-state index contributed by atoms with van der Waals surface area (Å²) in [5.74, 6) is 0. The van der Waals surface area contributed by atoms with Crippen molar-refractivity contribution in [1.29, 1.82) is 0 Å². The minimum atomic E-state index is -3.45. The van der Waals surface area contributed by atoms with E-state index in [1.807, 2.05) is 20.8 Å². The Bertz CT molecular complexity index is 561. The Morgan fingerprint density at radius 1 is 1.45 bits per heavy atom. The van der Waals surface area contributed by atoms with E-state index in [1.165, 1.54) is 0 Å². The highest BCUT2D eigenvalue weighted by molar-refractivity contribution is 7.89. The van der Waals surface area contributed by atoms with Crippen LogP contribution in [0.3, 0.4) is 0 Å². The lowest BCUT2D eigenvalue weighted by Gasteiger charge is -2.20. The van der Waals surface area contributed by atoms with Gasteiger partial charge in [-0.25, -0.2) is 8.42 Å². The molecule has 1 saturated carbocycles. The summed E-state index contributed by atoms with van der Waals surface area (Å²) in [4.78, 5) is 0.347. The van der Waals surface area contributed by atoms with Crippen molar-refractivity contribution in [2.45, 2.75) is 64.1 Å². The predicted molar refractivity (Wildman–Crippen MR) is 77.9 cm³/mol. The molecule has 0 atom stereocenters. The van der Waals surface area contributed by atoms with Crippen LogP contribution in [0.15, 0.2) is 4.90 Å². The van der Waals surface area contributed by atoms with Gasteiger partial charge in [-0.3, -0.25) is 5.10 Å². The number of aryl methyl sites for hydroxylation is 1. The molecule has 0 spiro atoms. The summed E-state index contributed by atoms with van der Waals surface area (Å²) in [7, 11) is -3.45. The second kappa shape index (κ2) is 5.83. The van der Waals surface area contributed by atoms with E-state index in [1.54, 1.807) is 11.2 Å². The Morgan fingerprint density at radius 3 is 2.60 bits per heavy atom. The van der Waals surface area contributed by atoms with Crippen LogP contribution in [0, 0.1) is 6.92 Å². The fraction of sp³-hybridized carbons (Fsp3) is 0.769. The molecule has 1 aliphatic carbocycles. The maximum atomic E-state index is 12.8. The van der Waals surface area contributed by atoms with E-state index in [0.717, 1.165) is 12.8 Å². The zero-order valence-electron chi connectivity index (χ0n) is 12.6. The van der Waals surface area contributed by atoms with Gasteiger partial charge < -0.3 is 5.32 Å². The Labute approximate surface area is 121 Å². The van der Waals surface area contributed by atoms with E-state index in [2.05, 4.69) is 15.5 Å². The average molecular weight is 300 g/mol. The molecule has 20 heavy (non-hydrogen) atoms. The Morgan fingerprint density at radius 2 is 2.10 bits per heavy atom. The SMILES string of the molecule is CCN(C1CC1)S(=O)(=O)c1c(CNC(C)C)n[nH]c1C. The van der Waals surface area contributed by atoms with Gasteiger partial charge in [-0.1, -0.05) is 20.8 Å². The number of nitrogens with one attached hydrogen (secondary N) is 2. The van der Waals surface area contributed by atoms with Crippen molar-refractivity contribution in [1.82, 2.24) is 19.8 Å². The van der Waals surface area contributed by atoms with Crippen molar-refractivity contribution in [3.63, 3.8) is 0 Å². The van der Waals surface area contributed by atoms with Gasteiger partial charge in [0.2, 0.25) is 10.0 Å². The number of hydrogen-bond acceptors (Lipinski definition) is 4. The number of hydrogen-bond donors (Lipinski definition) is 2. The Balaban J connectivity index is 2.32. The molecule has 114 valence electrons. The van der Waals surface area contributed by atoms with Crippen molar-refractivity contribution in [3.05, 3.63) is 11.4 Å². The van der Waals surface area contributed by atoms with E-state index in [4.69, 9.17) is 0 Å². The van der Waals surface area contributed by atoms with Gasteiger partial charge in [-0.15, -0.1) is 0 Å². The molecule has 1 heterocycles. The second-order valence-electron chi connectivity index (χ2n) is 5.60. The summed E-state index contributed by atoms with van der Waals surface area (Å²) in [6.45, 7) is 8.66. The zero-order chi connectivity index (χ0) is 14.9. The molecule has 1 aromatic heterocycles. The summed E-state index contributed by atoms with van der Waals surface area (Å²) in [6.07, 6.45) is 1.92. The summed E-state index contributed by atoms with van der Waals surface area (Å²) in [5, 5.41) is 10.2. The maximum Gasteiger partial charge on any atom is 0.247 e. The standard InChI is InChI=1S/C13H24N4O2S/c1-5-17(11-6-7-11)20(18,19)13-10(4)15-16-12(13)8-14-9(2)3/h9,11,14H,5-8H2,1-4H3,(H,15,16). The molecule has 0 saturated heterocycles. The van der Waals surface area contributed by atoms with Gasteiger partial charge in [0.1, 0.15) is 4.90 Å². The monoisotopic (exact) mass is 300 g/mol. The lowest BCUT2D eigenvalue weighted by atomic mass is 10.3. The third-order valence-electron chi connectivity index (χ3n) is 3.47. The largest absolute Gasteiger partial charge is 0.309 e. The number of aromatic amines is 1. The molecule has 6 nitrogen and oxygen atoms in total. The third kappa shape index (κ3) is 3.05. The lowest BCUT2D eigenvalue weighted by molar-refractivity contribution is 0.419. The quantitative estimate of drug-likeness (QED) is 0.797. The van der Waals surface area contributed by atoms with E-state index < -0.39 is 10.0 Å². The van der Waals surface area contributed by atoms with E-state index in [-0.39, 0.29) is 12.1 Å². The molecule has 0 aliphatic heterocycles. The highest BCUT2D eigenvalue weighted by Gasteiger charge is 2.39. The van der Waals surface area contributed by atoms with Crippen molar-refractivity contribution < 1.29 is 8.42 Å². The molecule has 1 aliphatic rings. The van der Waals surface area contributed by atoms with Gasteiger partial charge in [-0.05, 0) is 19.8 Å². The van der Waals surface area contributed by atoms with Crippen LogP contribution in [0.2, 0.25) is 0 Å². The topological polar surface area (TPSA) is 78.1 Å². The molecule has 2 rings (SSSR count). The van der Waals surface area contributed by atoms with Gasteiger partial charge in [-0.2, -0.15) is 9.40 Å². The van der Waals surface area contributed by atoms with Gasteiger partial charge in [0, 0.05) is 25.2 Å². The summed E-state index contributed by atoms with van der Waals surface area (Å²) in [6, 6.07) is 0.457. The molecular formula is C13H24N4O2S. The minimum Gasteiger partial charge on any atom is -0.309 e. The van der Waals surface area contributed by atoms with Crippen LogP contribution < -0.4 is 5.32 Å². The number of sulfonamides is 1. The maximum absolute atomic E-state index is 12.8. The van der Waals surface area contributed by atoms with Crippen LogP contribution in [-0.4, -0.2) is 41.5 Å². The molecule has 2 N–H and O–H groups in total. The van der Waals surface area contributed by atoms with Gasteiger partial charge in [0.05, 0.1) is 11.4 Å². The molecule has 0 unspecified atom stereocenters. The number of H-pyrrole nitrogens is 1. The summed E-state index contributed by atoms with van der Waals surface area (Å²) in [5.41, 5.74) is 1.19. The summed E-state index contributed by atoms with van der Waals surface area (Å²) >= 11 is 0. The molecule has 0 aromatic carbocycles. The minimum absolute atomic E-state index is 0.171. The fourth-order valence-electron chi connectivity index (χ4n) is 2.34. The van der Waals surface area contributed by atoms with Crippen LogP contribution in [0.1, 0.15) is 45.0 Å². The molecule has 7 heteroatoms. The molecular weight excluding hydrogens is 276 g/mol. The Hall–Kier alpha value is -0.920. The number of rotatable bonds is 7. The molecule has 0 bridgehead atoms. The first-order valence-electron chi connectivity index (χ1n) is 7.17. The van der Waals surface area contributed by atoms with Crippen molar-refractivity contribution in [3.8, 4) is 0 Å². The smallest absolute Gasteiger partial charge is 0.247 e. The molecule has 0 radical (unpaired) electrons. The highest BCUT2D eigenvalue weighted by atomic mass is 32.2. The number of nitrogens with zero attached hydrogens (tertiary/aromatic N) is 2. The van der Waals surface area contributed by atoms with E-state index >= 15 is 0 Å². The fourth-order valence-corrected chi connectivity index (χ4v) is 4.36. The highest BCUT2D eigenvalue weighted by Crippen LogP contribution is 2.33. The zero-order valence-corrected chi connectivity index (χ0v) is 13.4. The van der Waals surface area contributed by atoms with Crippen LogP contribution in [0.4, 0.5) is 0 Å². The molecule has 0 amide bonds. The van der Waals surface area contributed by atoms with Crippen molar-refractivity contribution >= 4 is 10.0 Å². The van der Waals surface area contributed by atoms with Gasteiger partial charge >= 0.3 is 0 Å². The van der Waals surface area contributed by atoms with E-state index in [0.29, 0.717) is 29.4 Å². The third-order valence-corrected chi connectivity index (χ3v) is 5.70. The first kappa shape index (κ1) is 15.5.